The van der Waals surface area contributed by atoms with E-state index in [-0.39, 0.29) is 6.54 Å². The highest BCUT2D eigenvalue weighted by Crippen LogP contribution is 2.41. The number of rotatable bonds is 8. The molecule has 7 heteroatoms. The lowest BCUT2D eigenvalue weighted by Crippen LogP contribution is -2.37. The molecule has 0 saturated carbocycles. The van der Waals surface area contributed by atoms with E-state index in [2.05, 4.69) is 94.4 Å². The lowest BCUT2D eigenvalue weighted by molar-refractivity contribution is 0.410. The number of aromatic nitrogens is 2. The van der Waals surface area contributed by atoms with E-state index in [0.717, 1.165) is 27.9 Å². The summed E-state index contributed by atoms with van der Waals surface area (Å²) in [6.45, 7) is 1.70. The summed E-state index contributed by atoms with van der Waals surface area (Å²) in [5, 5.41) is 0. The molecule has 6 nitrogen and oxygen atoms in total. The molecule has 0 spiro atoms. The Morgan fingerprint density at radius 2 is 1.11 bits per heavy atom. The number of fused-ring (bicyclic) bond motifs is 1. The normalized spacial score (nSPS) is 14.9. The van der Waals surface area contributed by atoms with Gasteiger partial charge in [-0.1, -0.05) is 133 Å². The first-order valence-electron chi connectivity index (χ1n) is 15.1. The minimum absolute atomic E-state index is 0.164. The fraction of sp³-hybridized carbons (Fsp3) is 0.132. The standard InChI is InChI=1S/C38H34N4O2S/c43-45(44)37-24-14-13-23-36(37)40(27-31-15-5-1-6-16-31)25-26-42(45)29-35-28-41(30-39-35)38(32-17-7-2-8-18-32,33-19-9-3-10-20-33)34-21-11-4-12-22-34/h1-24,28,30H,25-27,29H2. The third-order valence-corrected chi connectivity index (χ3v) is 10.5. The van der Waals surface area contributed by atoms with Gasteiger partial charge in [0.1, 0.15) is 10.4 Å². The molecule has 0 bridgehead atoms. The zero-order valence-corrected chi connectivity index (χ0v) is 25.7. The quantitative estimate of drug-likeness (QED) is 0.175. The van der Waals surface area contributed by atoms with Crippen molar-refractivity contribution in [2.45, 2.75) is 23.5 Å². The van der Waals surface area contributed by atoms with E-state index in [1.54, 1.807) is 16.4 Å². The first-order chi connectivity index (χ1) is 22.1. The molecule has 2 heterocycles. The van der Waals surface area contributed by atoms with Crippen molar-refractivity contribution in [1.29, 1.82) is 0 Å². The van der Waals surface area contributed by atoms with Gasteiger partial charge in [0.05, 0.1) is 24.3 Å². The summed E-state index contributed by atoms with van der Waals surface area (Å²) in [7, 11) is -3.78. The first kappa shape index (κ1) is 28.8. The molecule has 0 aliphatic carbocycles. The van der Waals surface area contributed by atoms with Crippen molar-refractivity contribution < 1.29 is 8.42 Å². The average Bonchev–Trinajstić information content (AvgIpc) is 3.53. The van der Waals surface area contributed by atoms with Gasteiger partial charge in [-0.15, -0.1) is 0 Å². The number of sulfonamides is 1. The minimum Gasteiger partial charge on any atom is -0.365 e. The maximum atomic E-state index is 14.2. The van der Waals surface area contributed by atoms with Crippen molar-refractivity contribution in [3.8, 4) is 0 Å². The van der Waals surface area contributed by atoms with Gasteiger partial charge >= 0.3 is 0 Å². The molecular weight excluding hydrogens is 577 g/mol. The highest BCUT2D eigenvalue weighted by Gasteiger charge is 2.39. The van der Waals surface area contributed by atoms with E-state index < -0.39 is 15.6 Å². The molecule has 6 aromatic rings. The zero-order valence-electron chi connectivity index (χ0n) is 24.9. The van der Waals surface area contributed by atoms with Gasteiger partial charge in [-0.2, -0.15) is 4.31 Å². The molecule has 224 valence electrons. The SMILES string of the molecule is O=S1(=O)c2ccccc2N(Cc2ccccc2)CCN1Cc1cn(C(c2ccccc2)(c2ccccc2)c2ccccc2)cn1. The number of nitrogens with zero attached hydrogens (tertiary/aromatic N) is 4. The molecule has 1 aliphatic rings. The second-order valence-electron chi connectivity index (χ2n) is 11.3. The Bertz CT molecular complexity index is 1880. The molecule has 0 N–H and O–H groups in total. The van der Waals surface area contributed by atoms with Crippen molar-refractivity contribution in [2.75, 3.05) is 18.0 Å². The number of hydrogen-bond donors (Lipinski definition) is 0. The van der Waals surface area contributed by atoms with Gasteiger partial charge < -0.3 is 9.47 Å². The topological polar surface area (TPSA) is 58.4 Å². The molecule has 1 aliphatic heterocycles. The molecule has 0 fully saturated rings. The van der Waals surface area contributed by atoms with Gasteiger partial charge in [-0.25, -0.2) is 13.4 Å². The van der Waals surface area contributed by atoms with Gasteiger partial charge in [0.2, 0.25) is 10.0 Å². The molecule has 45 heavy (non-hydrogen) atoms. The number of anilines is 1. The van der Waals surface area contributed by atoms with Crippen LogP contribution in [0, 0.1) is 0 Å². The third kappa shape index (κ3) is 5.35. The van der Waals surface area contributed by atoms with Crippen molar-refractivity contribution in [2.24, 2.45) is 0 Å². The predicted octanol–water partition coefficient (Wildman–Crippen LogP) is 6.93. The Morgan fingerprint density at radius 3 is 1.69 bits per heavy atom. The summed E-state index contributed by atoms with van der Waals surface area (Å²) < 4.78 is 32.0. The predicted molar refractivity (Wildman–Crippen MR) is 178 cm³/mol. The average molecular weight is 611 g/mol. The Morgan fingerprint density at radius 1 is 0.600 bits per heavy atom. The van der Waals surface area contributed by atoms with E-state index in [1.807, 2.05) is 61.1 Å². The van der Waals surface area contributed by atoms with Crippen LogP contribution >= 0.6 is 0 Å². The highest BCUT2D eigenvalue weighted by molar-refractivity contribution is 7.89. The molecule has 0 atom stereocenters. The van der Waals surface area contributed by atoms with Crippen LogP contribution < -0.4 is 4.90 Å². The molecule has 0 amide bonds. The molecule has 0 unspecified atom stereocenters. The molecule has 5 aromatic carbocycles. The third-order valence-electron chi connectivity index (χ3n) is 8.60. The van der Waals surface area contributed by atoms with Gasteiger partial charge in [-0.3, -0.25) is 0 Å². The fourth-order valence-electron chi connectivity index (χ4n) is 6.48. The van der Waals surface area contributed by atoms with Crippen LogP contribution in [0.3, 0.4) is 0 Å². The smallest absolute Gasteiger partial charge is 0.245 e. The van der Waals surface area contributed by atoms with Crippen LogP contribution in [0.4, 0.5) is 5.69 Å². The Kier molecular flexibility index (Phi) is 7.79. The molecular formula is C38H34N4O2S. The molecule has 7 rings (SSSR count). The van der Waals surface area contributed by atoms with E-state index >= 15 is 0 Å². The van der Waals surface area contributed by atoms with Crippen molar-refractivity contribution >= 4 is 15.7 Å². The van der Waals surface area contributed by atoms with Crippen molar-refractivity contribution in [1.82, 2.24) is 13.9 Å². The first-order valence-corrected chi connectivity index (χ1v) is 16.6. The second-order valence-corrected chi connectivity index (χ2v) is 13.2. The summed E-state index contributed by atoms with van der Waals surface area (Å²) in [6, 6.07) is 48.7. The van der Waals surface area contributed by atoms with Crippen LogP contribution in [-0.2, 0) is 28.7 Å². The largest absolute Gasteiger partial charge is 0.365 e. The fourth-order valence-corrected chi connectivity index (χ4v) is 8.09. The number of hydrogen-bond acceptors (Lipinski definition) is 4. The summed E-state index contributed by atoms with van der Waals surface area (Å²) in [5.41, 5.74) is 5.07. The van der Waals surface area contributed by atoms with Crippen LogP contribution in [0.1, 0.15) is 27.9 Å². The van der Waals surface area contributed by atoms with Gasteiger partial charge in [0.25, 0.3) is 0 Å². The van der Waals surface area contributed by atoms with Gasteiger partial charge in [0, 0.05) is 25.8 Å². The lowest BCUT2D eigenvalue weighted by atomic mass is 9.77. The van der Waals surface area contributed by atoms with Crippen molar-refractivity contribution in [3.05, 3.63) is 186 Å². The van der Waals surface area contributed by atoms with Crippen LogP contribution in [0.2, 0.25) is 0 Å². The van der Waals surface area contributed by atoms with Gasteiger partial charge in [-0.05, 0) is 34.4 Å². The maximum Gasteiger partial charge on any atom is 0.245 e. The summed E-state index contributed by atoms with van der Waals surface area (Å²) in [5.74, 6) is 0. The molecule has 0 radical (unpaired) electrons. The minimum atomic E-state index is -3.78. The molecule has 1 aromatic heterocycles. The van der Waals surface area contributed by atoms with Gasteiger partial charge in [0.15, 0.2) is 0 Å². The Hall–Kier alpha value is -4.98. The zero-order chi connectivity index (χ0) is 30.7. The Labute approximate surface area is 264 Å². The van der Waals surface area contributed by atoms with E-state index in [9.17, 15) is 8.42 Å². The Balaban J connectivity index is 1.28. The van der Waals surface area contributed by atoms with E-state index in [0.29, 0.717) is 30.2 Å². The number of para-hydroxylation sites is 1. The van der Waals surface area contributed by atoms with Crippen LogP contribution in [0.5, 0.6) is 0 Å². The van der Waals surface area contributed by atoms with Crippen LogP contribution in [-0.4, -0.2) is 35.4 Å². The summed E-state index contributed by atoms with van der Waals surface area (Å²) in [4.78, 5) is 7.32. The summed E-state index contributed by atoms with van der Waals surface area (Å²) >= 11 is 0. The number of imidazole rings is 1. The molecule has 0 saturated heterocycles. The maximum absolute atomic E-state index is 14.2. The van der Waals surface area contributed by atoms with E-state index in [1.165, 1.54) is 0 Å². The summed E-state index contributed by atoms with van der Waals surface area (Å²) in [6.07, 6.45) is 3.84. The monoisotopic (exact) mass is 610 g/mol. The van der Waals surface area contributed by atoms with Crippen molar-refractivity contribution in [3.63, 3.8) is 0 Å². The number of benzene rings is 5. The lowest BCUT2D eigenvalue weighted by Gasteiger charge is -2.37. The van der Waals surface area contributed by atoms with Crippen LogP contribution in [0.15, 0.2) is 163 Å². The second kappa shape index (κ2) is 12.2. The van der Waals surface area contributed by atoms with E-state index in [4.69, 9.17) is 4.98 Å². The highest BCUT2D eigenvalue weighted by atomic mass is 32.2. The van der Waals surface area contributed by atoms with Crippen LogP contribution in [0.25, 0.3) is 0 Å².